The van der Waals surface area contributed by atoms with Gasteiger partial charge in [-0.15, -0.1) is 0 Å². The van der Waals surface area contributed by atoms with Crippen LogP contribution in [0.5, 0.6) is 5.75 Å². The normalized spacial score (nSPS) is 12.5. The molecule has 0 heterocycles. The summed E-state index contributed by atoms with van der Waals surface area (Å²) in [6.07, 6.45) is -1.49. The van der Waals surface area contributed by atoms with Crippen molar-refractivity contribution in [2.45, 2.75) is 65.2 Å². The van der Waals surface area contributed by atoms with E-state index in [9.17, 15) is 24.5 Å². The van der Waals surface area contributed by atoms with Gasteiger partial charge in [0.05, 0.1) is 11.3 Å². The maximum absolute atomic E-state index is 12.4. The topological polar surface area (TPSA) is 134 Å². The number of amides is 1. The second kappa shape index (κ2) is 9.35. The molecule has 10 heteroatoms. The van der Waals surface area contributed by atoms with Gasteiger partial charge in [-0.3, -0.25) is 14.9 Å². The monoisotopic (exact) mass is 410 g/mol. The molecule has 1 amide bonds. The molecule has 1 atom stereocenters. The minimum atomic E-state index is -1.34. The Balaban J connectivity index is 2.85. The van der Waals surface area contributed by atoms with E-state index < -0.39 is 46.6 Å². The number of nitrogens with zero attached hydrogens (tertiary/aromatic N) is 1. The molecule has 0 aliphatic heterocycles. The number of carbonyl (C=O) groups is 3. The lowest BCUT2D eigenvalue weighted by atomic mass is 10.1. The molecule has 160 valence electrons. The van der Waals surface area contributed by atoms with Crippen LogP contribution in [0.2, 0.25) is 0 Å². The number of ether oxygens (including phenoxy) is 3. The lowest BCUT2D eigenvalue weighted by molar-refractivity contribution is -0.384. The Morgan fingerprint density at radius 1 is 1.00 bits per heavy atom. The molecule has 1 N–H and O–H groups in total. The van der Waals surface area contributed by atoms with Gasteiger partial charge in [0.25, 0.3) is 5.69 Å². The molecule has 0 fully saturated rings. The molecule has 0 aromatic heterocycles. The number of non-ortho nitro benzene ring substituents is 1. The Hall–Kier alpha value is -3.17. The highest BCUT2D eigenvalue weighted by molar-refractivity contribution is 5.87. The highest BCUT2D eigenvalue weighted by atomic mass is 16.6. The van der Waals surface area contributed by atoms with E-state index in [0.29, 0.717) is 0 Å². The SMILES string of the molecule is CC(C)(C)OC(=O)C[C@H](NC(=O)Oc1ccc([N+](=O)[O-])cc1)C(=O)OC(C)(C)C. The highest BCUT2D eigenvalue weighted by Crippen LogP contribution is 2.18. The van der Waals surface area contributed by atoms with Crippen molar-refractivity contribution in [1.82, 2.24) is 5.32 Å². The molecule has 29 heavy (non-hydrogen) atoms. The van der Waals surface area contributed by atoms with Crippen LogP contribution in [-0.4, -0.2) is 40.2 Å². The zero-order chi connectivity index (χ0) is 22.4. The maximum Gasteiger partial charge on any atom is 0.413 e. The summed E-state index contributed by atoms with van der Waals surface area (Å²) in [6, 6.07) is 3.44. The Labute approximate surface area is 168 Å². The molecule has 0 aliphatic rings. The van der Waals surface area contributed by atoms with Crippen molar-refractivity contribution >= 4 is 23.7 Å². The summed E-state index contributed by atoms with van der Waals surface area (Å²) in [5.74, 6) is -1.51. The van der Waals surface area contributed by atoms with Crippen molar-refractivity contribution < 1.29 is 33.5 Å². The van der Waals surface area contributed by atoms with Gasteiger partial charge in [-0.2, -0.15) is 0 Å². The summed E-state index contributed by atoms with van der Waals surface area (Å²) in [4.78, 5) is 46.7. The fourth-order valence-corrected chi connectivity index (χ4v) is 2.03. The van der Waals surface area contributed by atoms with Crippen LogP contribution in [0.1, 0.15) is 48.0 Å². The average molecular weight is 410 g/mol. The van der Waals surface area contributed by atoms with Crippen molar-refractivity contribution in [3.05, 3.63) is 34.4 Å². The van der Waals surface area contributed by atoms with Crippen LogP contribution in [0.25, 0.3) is 0 Å². The standard InChI is InChI=1S/C19H26N2O8/c1-18(2,3)28-15(22)11-14(16(23)29-19(4,5)6)20-17(24)27-13-9-7-12(8-10-13)21(25)26/h7-10,14H,11H2,1-6H3,(H,20,24)/t14-/m0/s1. The van der Waals surface area contributed by atoms with Crippen molar-refractivity contribution in [2.24, 2.45) is 0 Å². The van der Waals surface area contributed by atoms with Crippen LogP contribution in [0.15, 0.2) is 24.3 Å². The number of esters is 2. The van der Waals surface area contributed by atoms with Crippen LogP contribution >= 0.6 is 0 Å². The molecule has 0 bridgehead atoms. The van der Waals surface area contributed by atoms with Gasteiger partial charge in [0.15, 0.2) is 0 Å². The second-order valence-electron chi connectivity index (χ2n) is 8.16. The predicted octanol–water partition coefficient (Wildman–Crippen LogP) is 3.13. The van der Waals surface area contributed by atoms with Crippen LogP contribution in [0.4, 0.5) is 10.5 Å². The minimum absolute atomic E-state index is 0.0216. The van der Waals surface area contributed by atoms with E-state index in [1.54, 1.807) is 41.5 Å². The van der Waals surface area contributed by atoms with Gasteiger partial charge < -0.3 is 19.5 Å². The van der Waals surface area contributed by atoms with Gasteiger partial charge in [-0.05, 0) is 53.7 Å². The first-order chi connectivity index (χ1) is 13.2. The third-order valence-corrected chi connectivity index (χ3v) is 3.03. The Morgan fingerprint density at radius 3 is 1.97 bits per heavy atom. The van der Waals surface area contributed by atoms with E-state index in [2.05, 4.69) is 5.32 Å². The first kappa shape index (κ1) is 23.9. The number of benzene rings is 1. The first-order valence-corrected chi connectivity index (χ1v) is 8.84. The third-order valence-electron chi connectivity index (χ3n) is 3.03. The lowest BCUT2D eigenvalue weighted by Crippen LogP contribution is -2.47. The zero-order valence-corrected chi connectivity index (χ0v) is 17.3. The summed E-state index contributed by atoms with van der Waals surface area (Å²) >= 11 is 0. The first-order valence-electron chi connectivity index (χ1n) is 8.84. The largest absolute Gasteiger partial charge is 0.460 e. The molecular formula is C19H26N2O8. The molecule has 1 aromatic carbocycles. The van der Waals surface area contributed by atoms with Crippen molar-refractivity contribution in [3.8, 4) is 5.75 Å². The number of hydrogen-bond acceptors (Lipinski definition) is 8. The van der Waals surface area contributed by atoms with E-state index in [4.69, 9.17) is 14.2 Å². The summed E-state index contributed by atoms with van der Waals surface area (Å²) in [5.41, 5.74) is -1.78. The molecule has 0 saturated carbocycles. The van der Waals surface area contributed by atoms with Crippen molar-refractivity contribution in [2.75, 3.05) is 0 Å². The molecule has 10 nitrogen and oxygen atoms in total. The summed E-state index contributed by atoms with van der Waals surface area (Å²) in [6.45, 7) is 9.94. The fourth-order valence-electron chi connectivity index (χ4n) is 2.03. The van der Waals surface area contributed by atoms with Crippen LogP contribution < -0.4 is 10.1 Å². The summed E-state index contributed by atoms with van der Waals surface area (Å²) in [7, 11) is 0. The average Bonchev–Trinajstić information content (AvgIpc) is 2.51. The van der Waals surface area contributed by atoms with Gasteiger partial charge in [-0.1, -0.05) is 0 Å². The number of rotatable bonds is 6. The molecule has 1 aromatic rings. The smallest absolute Gasteiger partial charge is 0.413 e. The third kappa shape index (κ3) is 9.54. The van der Waals surface area contributed by atoms with Crippen LogP contribution in [-0.2, 0) is 19.1 Å². The quantitative estimate of drug-likeness (QED) is 0.429. The Kier molecular flexibility index (Phi) is 7.70. The lowest BCUT2D eigenvalue weighted by Gasteiger charge is -2.25. The van der Waals surface area contributed by atoms with Gasteiger partial charge in [0.2, 0.25) is 0 Å². The molecule has 0 unspecified atom stereocenters. The van der Waals surface area contributed by atoms with Gasteiger partial charge in [0, 0.05) is 12.1 Å². The number of nitro groups is 1. The summed E-state index contributed by atoms with van der Waals surface area (Å²) in [5, 5.41) is 12.9. The molecule has 0 aliphatic carbocycles. The molecule has 0 spiro atoms. The maximum atomic E-state index is 12.4. The Morgan fingerprint density at radius 2 is 1.52 bits per heavy atom. The number of nitrogens with one attached hydrogen (secondary N) is 1. The Bertz CT molecular complexity index is 760. The number of carbonyl (C=O) groups excluding carboxylic acids is 3. The molecular weight excluding hydrogens is 384 g/mol. The number of hydrogen-bond donors (Lipinski definition) is 1. The predicted molar refractivity (Wildman–Crippen MR) is 102 cm³/mol. The summed E-state index contributed by atoms with van der Waals surface area (Å²) < 4.78 is 15.4. The van der Waals surface area contributed by atoms with E-state index in [0.717, 1.165) is 12.1 Å². The number of nitro benzene ring substituents is 1. The second-order valence-corrected chi connectivity index (χ2v) is 8.16. The van der Waals surface area contributed by atoms with Crippen molar-refractivity contribution in [3.63, 3.8) is 0 Å². The van der Waals surface area contributed by atoms with E-state index >= 15 is 0 Å². The molecule has 0 radical (unpaired) electrons. The van der Waals surface area contributed by atoms with Gasteiger partial charge in [0.1, 0.15) is 23.0 Å². The van der Waals surface area contributed by atoms with Gasteiger partial charge >= 0.3 is 18.0 Å². The van der Waals surface area contributed by atoms with Crippen LogP contribution in [0, 0.1) is 10.1 Å². The molecule has 0 saturated heterocycles. The van der Waals surface area contributed by atoms with E-state index in [1.165, 1.54) is 12.1 Å². The molecule has 1 rings (SSSR count). The van der Waals surface area contributed by atoms with Crippen molar-refractivity contribution in [1.29, 1.82) is 0 Å². The van der Waals surface area contributed by atoms with E-state index in [-0.39, 0.29) is 11.4 Å². The van der Waals surface area contributed by atoms with Crippen LogP contribution in [0.3, 0.4) is 0 Å². The zero-order valence-electron chi connectivity index (χ0n) is 17.3. The highest BCUT2D eigenvalue weighted by Gasteiger charge is 2.31. The fraction of sp³-hybridized carbons (Fsp3) is 0.526. The van der Waals surface area contributed by atoms with E-state index in [1.807, 2.05) is 0 Å². The minimum Gasteiger partial charge on any atom is -0.460 e. The van der Waals surface area contributed by atoms with Gasteiger partial charge in [-0.25, -0.2) is 9.59 Å².